The lowest BCUT2D eigenvalue weighted by Gasteiger charge is -2.12. The Balaban J connectivity index is 2.14. The van der Waals surface area contributed by atoms with Crippen molar-refractivity contribution in [3.05, 3.63) is 46.8 Å². The third kappa shape index (κ3) is 3.29. The third-order valence-electron chi connectivity index (χ3n) is 2.99. The van der Waals surface area contributed by atoms with Gasteiger partial charge in [0.05, 0.1) is 6.20 Å². The first-order valence-corrected chi connectivity index (χ1v) is 6.78. The van der Waals surface area contributed by atoms with Crippen LogP contribution in [0.25, 0.3) is 0 Å². The summed E-state index contributed by atoms with van der Waals surface area (Å²) < 4.78 is 21.2. The highest BCUT2D eigenvalue weighted by molar-refractivity contribution is 6.29. The molecule has 1 heterocycles. The molecule has 0 aliphatic heterocycles. The van der Waals surface area contributed by atoms with E-state index in [4.69, 9.17) is 16.3 Å². The van der Waals surface area contributed by atoms with Crippen LogP contribution in [-0.2, 0) is 20.2 Å². The minimum atomic E-state index is -0.374. The van der Waals surface area contributed by atoms with E-state index in [1.807, 2.05) is 13.0 Å². The van der Waals surface area contributed by atoms with Gasteiger partial charge in [0.15, 0.2) is 11.6 Å². The summed E-state index contributed by atoms with van der Waals surface area (Å²) in [7, 11) is 1.79. The fraction of sp³-hybridized carbons (Fsp3) is 0.357. The van der Waals surface area contributed by atoms with Crippen molar-refractivity contribution in [1.82, 2.24) is 14.9 Å². The van der Waals surface area contributed by atoms with Crippen molar-refractivity contribution in [3.63, 3.8) is 0 Å². The minimum absolute atomic E-state index is 0.170. The molecule has 0 fully saturated rings. The first kappa shape index (κ1) is 14.8. The van der Waals surface area contributed by atoms with Crippen molar-refractivity contribution in [1.29, 1.82) is 0 Å². The molecule has 0 radical (unpaired) electrons. The van der Waals surface area contributed by atoms with Gasteiger partial charge in [-0.15, -0.1) is 0 Å². The van der Waals surface area contributed by atoms with Crippen LogP contribution in [0.3, 0.4) is 0 Å². The molecular weight excluding hydrogens is 281 g/mol. The molecule has 0 spiro atoms. The molecule has 0 atom stereocenters. The normalized spacial score (nSPS) is 10.8. The highest BCUT2D eigenvalue weighted by Gasteiger charge is 2.12. The highest BCUT2D eigenvalue weighted by atomic mass is 35.5. The van der Waals surface area contributed by atoms with Crippen LogP contribution in [0.5, 0.6) is 5.75 Å². The van der Waals surface area contributed by atoms with E-state index in [-0.39, 0.29) is 18.2 Å². The minimum Gasteiger partial charge on any atom is -0.482 e. The number of imidazole rings is 1. The summed E-state index contributed by atoms with van der Waals surface area (Å²) in [6.07, 6.45) is 1.54. The molecule has 6 heteroatoms. The molecule has 0 aliphatic rings. The molecule has 0 bridgehead atoms. The van der Waals surface area contributed by atoms with Gasteiger partial charge in [-0.2, -0.15) is 0 Å². The Morgan fingerprint density at radius 3 is 2.90 bits per heavy atom. The van der Waals surface area contributed by atoms with Crippen LogP contribution in [0.1, 0.15) is 18.3 Å². The van der Waals surface area contributed by atoms with Gasteiger partial charge in [0.2, 0.25) is 0 Å². The molecule has 1 aromatic heterocycles. The van der Waals surface area contributed by atoms with Crippen LogP contribution in [0.4, 0.5) is 4.39 Å². The first-order chi connectivity index (χ1) is 9.63. The lowest BCUT2D eigenvalue weighted by Crippen LogP contribution is -2.14. The molecule has 0 aliphatic carbocycles. The van der Waals surface area contributed by atoms with E-state index >= 15 is 0 Å². The summed E-state index contributed by atoms with van der Waals surface area (Å²) in [5.74, 6) is 0.529. The Hall–Kier alpha value is -1.59. The van der Waals surface area contributed by atoms with Crippen LogP contribution in [0.15, 0.2) is 24.4 Å². The van der Waals surface area contributed by atoms with E-state index in [1.165, 1.54) is 6.07 Å². The molecule has 0 unspecified atom stereocenters. The zero-order chi connectivity index (χ0) is 14.5. The highest BCUT2D eigenvalue weighted by Crippen LogP contribution is 2.24. The van der Waals surface area contributed by atoms with Gasteiger partial charge < -0.3 is 14.6 Å². The molecule has 1 N–H and O–H groups in total. The molecule has 0 saturated heterocycles. The van der Waals surface area contributed by atoms with Gasteiger partial charge in [-0.05, 0) is 12.6 Å². The molecule has 2 rings (SSSR count). The van der Waals surface area contributed by atoms with Gasteiger partial charge in [0, 0.05) is 19.2 Å². The predicted octanol–water partition coefficient (Wildman–Crippen LogP) is 2.90. The maximum absolute atomic E-state index is 13.9. The number of para-hydroxylation sites is 1. The molecule has 2 aromatic rings. The van der Waals surface area contributed by atoms with Crippen molar-refractivity contribution >= 4 is 11.6 Å². The van der Waals surface area contributed by atoms with Crippen LogP contribution >= 0.6 is 11.6 Å². The average Bonchev–Trinajstić information content (AvgIpc) is 2.76. The van der Waals surface area contributed by atoms with Crippen LogP contribution < -0.4 is 10.1 Å². The second kappa shape index (κ2) is 6.72. The Labute approximate surface area is 122 Å². The summed E-state index contributed by atoms with van der Waals surface area (Å²) in [6.45, 7) is 3.54. The maximum atomic E-state index is 13.9. The first-order valence-electron chi connectivity index (χ1n) is 6.40. The standard InChI is InChI=1S/C14H17ClFN3O/c1-3-17-7-10-5-4-6-11(16)14(10)20-9-13-18-8-12(15)19(13)2/h4-6,8,17H,3,7,9H2,1-2H3. The smallest absolute Gasteiger partial charge is 0.165 e. The molecule has 0 saturated carbocycles. The van der Waals surface area contributed by atoms with Gasteiger partial charge in [0.25, 0.3) is 0 Å². The zero-order valence-corrected chi connectivity index (χ0v) is 12.2. The fourth-order valence-corrected chi connectivity index (χ4v) is 1.96. The van der Waals surface area contributed by atoms with E-state index < -0.39 is 0 Å². The van der Waals surface area contributed by atoms with Gasteiger partial charge in [-0.3, -0.25) is 0 Å². The van der Waals surface area contributed by atoms with E-state index in [0.29, 0.717) is 17.5 Å². The predicted molar refractivity (Wildman–Crippen MR) is 76.3 cm³/mol. The number of hydrogen-bond donors (Lipinski definition) is 1. The van der Waals surface area contributed by atoms with Crippen molar-refractivity contribution in [3.8, 4) is 5.75 Å². The van der Waals surface area contributed by atoms with Crippen molar-refractivity contribution < 1.29 is 9.13 Å². The van der Waals surface area contributed by atoms with Crippen LogP contribution in [0, 0.1) is 5.82 Å². The van der Waals surface area contributed by atoms with Crippen LogP contribution in [-0.4, -0.2) is 16.1 Å². The van der Waals surface area contributed by atoms with Crippen molar-refractivity contribution in [2.45, 2.75) is 20.1 Å². The molecule has 0 amide bonds. The Morgan fingerprint density at radius 2 is 2.25 bits per heavy atom. The third-order valence-corrected chi connectivity index (χ3v) is 3.34. The monoisotopic (exact) mass is 297 g/mol. The van der Waals surface area contributed by atoms with Crippen LogP contribution in [0.2, 0.25) is 5.15 Å². The quantitative estimate of drug-likeness (QED) is 0.891. The second-order valence-corrected chi connectivity index (χ2v) is 4.74. The number of ether oxygens (including phenoxy) is 1. The Morgan fingerprint density at radius 1 is 1.45 bits per heavy atom. The summed E-state index contributed by atoms with van der Waals surface area (Å²) in [5, 5.41) is 3.68. The van der Waals surface area contributed by atoms with Gasteiger partial charge >= 0.3 is 0 Å². The largest absolute Gasteiger partial charge is 0.482 e. The summed E-state index contributed by atoms with van der Waals surface area (Å²) in [5.41, 5.74) is 0.784. The number of nitrogens with zero attached hydrogens (tertiary/aromatic N) is 2. The molecule has 1 aromatic carbocycles. The zero-order valence-electron chi connectivity index (χ0n) is 11.5. The van der Waals surface area contributed by atoms with Gasteiger partial charge in [-0.25, -0.2) is 9.37 Å². The second-order valence-electron chi connectivity index (χ2n) is 4.35. The molecule has 108 valence electrons. The SMILES string of the molecule is CCNCc1cccc(F)c1OCc1ncc(Cl)n1C. The number of nitrogens with one attached hydrogen (secondary N) is 1. The Bertz CT molecular complexity index is 586. The lowest BCUT2D eigenvalue weighted by molar-refractivity contribution is 0.273. The summed E-state index contributed by atoms with van der Waals surface area (Å²) >= 11 is 5.90. The maximum Gasteiger partial charge on any atom is 0.165 e. The summed E-state index contributed by atoms with van der Waals surface area (Å²) in [6, 6.07) is 4.90. The van der Waals surface area contributed by atoms with E-state index in [9.17, 15) is 4.39 Å². The molecule has 20 heavy (non-hydrogen) atoms. The average molecular weight is 298 g/mol. The number of rotatable bonds is 6. The fourth-order valence-electron chi connectivity index (χ4n) is 1.81. The van der Waals surface area contributed by atoms with Gasteiger partial charge in [0.1, 0.15) is 17.6 Å². The number of aromatic nitrogens is 2. The van der Waals surface area contributed by atoms with E-state index in [2.05, 4.69) is 10.3 Å². The number of hydrogen-bond acceptors (Lipinski definition) is 3. The Kier molecular flexibility index (Phi) is 4.98. The topological polar surface area (TPSA) is 39.1 Å². The number of benzene rings is 1. The van der Waals surface area contributed by atoms with E-state index in [0.717, 1.165) is 12.1 Å². The van der Waals surface area contributed by atoms with Crippen molar-refractivity contribution in [2.24, 2.45) is 7.05 Å². The number of halogens is 2. The molecule has 4 nitrogen and oxygen atoms in total. The van der Waals surface area contributed by atoms with Crippen molar-refractivity contribution in [2.75, 3.05) is 6.54 Å². The van der Waals surface area contributed by atoms with Gasteiger partial charge in [-0.1, -0.05) is 30.7 Å². The summed E-state index contributed by atoms with van der Waals surface area (Å²) in [4.78, 5) is 4.12. The molecular formula is C14H17ClFN3O. The lowest BCUT2D eigenvalue weighted by atomic mass is 10.2. The van der Waals surface area contributed by atoms with E-state index in [1.54, 1.807) is 23.9 Å².